The highest BCUT2D eigenvalue weighted by Crippen LogP contribution is 2.27. The van der Waals surface area contributed by atoms with E-state index in [9.17, 15) is 9.59 Å². The molecule has 0 bridgehead atoms. The number of fused-ring (bicyclic) bond motifs is 1. The van der Waals surface area contributed by atoms with Crippen LogP contribution in [0.2, 0.25) is 0 Å². The molecule has 0 fully saturated rings. The molecule has 1 atom stereocenters. The van der Waals surface area contributed by atoms with E-state index in [-0.39, 0.29) is 17.7 Å². The van der Waals surface area contributed by atoms with E-state index < -0.39 is 0 Å². The van der Waals surface area contributed by atoms with Gasteiger partial charge in [-0.3, -0.25) is 9.59 Å². The largest absolute Gasteiger partial charge is 0.339 e. The molecule has 1 aliphatic heterocycles. The van der Waals surface area contributed by atoms with Gasteiger partial charge in [0.25, 0.3) is 0 Å². The number of likely N-dealkylation sites (N-methyl/N-ethyl adjacent to an activating group) is 1. The van der Waals surface area contributed by atoms with Crippen molar-refractivity contribution in [3.05, 3.63) is 41.2 Å². The summed E-state index contributed by atoms with van der Waals surface area (Å²) >= 11 is 1.40. The zero-order chi connectivity index (χ0) is 14.1. The van der Waals surface area contributed by atoms with E-state index in [4.69, 9.17) is 0 Å². The van der Waals surface area contributed by atoms with Gasteiger partial charge in [-0.1, -0.05) is 0 Å². The fourth-order valence-electron chi connectivity index (χ4n) is 2.57. The highest BCUT2D eigenvalue weighted by molar-refractivity contribution is 7.05. The second-order valence-electron chi connectivity index (χ2n) is 4.95. The minimum atomic E-state index is -0.268. The molecule has 0 saturated heterocycles. The fourth-order valence-corrected chi connectivity index (χ4v) is 3.20. The van der Waals surface area contributed by atoms with E-state index in [0.717, 1.165) is 4.88 Å². The van der Waals surface area contributed by atoms with Crippen molar-refractivity contribution in [3.8, 4) is 0 Å². The summed E-state index contributed by atoms with van der Waals surface area (Å²) in [5, 5.41) is 0. The smallest absolute Gasteiger partial charge is 0.245 e. The van der Waals surface area contributed by atoms with Crippen LogP contribution >= 0.6 is 11.5 Å². The number of hydrogen-bond donors (Lipinski definition) is 0. The number of nitrogens with zero attached hydrogens (tertiary/aromatic N) is 3. The number of hydrogen-bond acceptors (Lipinski definition) is 4. The Kier molecular flexibility index (Phi) is 3.40. The van der Waals surface area contributed by atoms with Gasteiger partial charge in [0, 0.05) is 30.7 Å². The Morgan fingerprint density at radius 2 is 2.40 bits per heavy atom. The summed E-state index contributed by atoms with van der Waals surface area (Å²) in [5.74, 6) is 0.160. The van der Waals surface area contributed by atoms with Gasteiger partial charge in [-0.25, -0.2) is 4.37 Å². The Labute approximate surface area is 121 Å². The Hall–Kier alpha value is -1.95. The number of rotatable bonds is 3. The maximum atomic E-state index is 12.6. The minimum absolute atomic E-state index is 0.0448. The number of amides is 1. The molecule has 0 aromatic carbocycles. The number of aromatic nitrogens is 2. The molecule has 104 valence electrons. The van der Waals surface area contributed by atoms with Gasteiger partial charge in [0.15, 0.2) is 5.78 Å². The highest BCUT2D eigenvalue weighted by atomic mass is 32.1. The molecule has 1 unspecified atom stereocenters. The average molecular weight is 289 g/mol. The summed E-state index contributed by atoms with van der Waals surface area (Å²) in [5.41, 5.74) is 0.640. The zero-order valence-corrected chi connectivity index (χ0v) is 12.0. The third kappa shape index (κ3) is 2.27. The van der Waals surface area contributed by atoms with Gasteiger partial charge in [-0.05, 0) is 36.2 Å². The van der Waals surface area contributed by atoms with Gasteiger partial charge < -0.3 is 9.47 Å². The summed E-state index contributed by atoms with van der Waals surface area (Å²) in [6, 6.07) is 5.25. The molecule has 5 nitrogen and oxygen atoms in total. The van der Waals surface area contributed by atoms with Crippen molar-refractivity contribution in [2.75, 3.05) is 7.05 Å². The summed E-state index contributed by atoms with van der Waals surface area (Å²) in [4.78, 5) is 27.1. The van der Waals surface area contributed by atoms with E-state index >= 15 is 0 Å². The molecule has 0 aliphatic carbocycles. The van der Waals surface area contributed by atoms with Crippen LogP contribution < -0.4 is 0 Å². The van der Waals surface area contributed by atoms with E-state index in [2.05, 4.69) is 4.37 Å². The quantitative estimate of drug-likeness (QED) is 0.869. The van der Waals surface area contributed by atoms with E-state index in [1.54, 1.807) is 28.8 Å². The van der Waals surface area contributed by atoms with Gasteiger partial charge in [0.05, 0.1) is 12.2 Å². The summed E-state index contributed by atoms with van der Waals surface area (Å²) in [6.07, 6.45) is 4.57. The lowest BCUT2D eigenvalue weighted by atomic mass is 10.0. The first-order valence-electron chi connectivity index (χ1n) is 6.51. The molecule has 3 heterocycles. The lowest BCUT2D eigenvalue weighted by Gasteiger charge is -2.28. The lowest BCUT2D eigenvalue weighted by Crippen LogP contribution is -2.37. The lowest BCUT2D eigenvalue weighted by molar-refractivity contribution is -0.134. The first kappa shape index (κ1) is 13.1. The molecule has 0 N–H and O–H groups in total. The molecule has 2 aromatic heterocycles. The van der Waals surface area contributed by atoms with Crippen LogP contribution in [0.3, 0.4) is 0 Å². The third-order valence-electron chi connectivity index (χ3n) is 3.59. The van der Waals surface area contributed by atoms with E-state index in [0.29, 0.717) is 25.1 Å². The van der Waals surface area contributed by atoms with Crippen LogP contribution in [0.1, 0.15) is 34.2 Å². The first-order valence-corrected chi connectivity index (χ1v) is 7.28. The molecule has 1 aliphatic rings. The third-order valence-corrected chi connectivity index (χ3v) is 4.32. The minimum Gasteiger partial charge on any atom is -0.339 e. The number of carbonyl (C=O) groups excluding carboxylic acids is 2. The standard InChI is InChI=1S/C14H15N3O2S/c1-16(9-10-6-7-15-20-10)14(19)12-4-5-13(18)11-3-2-8-17(11)12/h2-3,6-8,12H,4-5,9H2,1H3. The molecule has 1 amide bonds. The van der Waals surface area contributed by atoms with Gasteiger partial charge in [-0.2, -0.15) is 0 Å². The second kappa shape index (κ2) is 5.20. The molecular weight excluding hydrogens is 274 g/mol. The Balaban J connectivity index is 1.78. The predicted molar refractivity (Wildman–Crippen MR) is 75.6 cm³/mol. The van der Waals surface area contributed by atoms with Crippen LogP contribution in [0.4, 0.5) is 0 Å². The SMILES string of the molecule is CN(Cc1ccns1)C(=O)C1CCC(=O)c2cccn21. The van der Waals surface area contributed by atoms with Crippen molar-refractivity contribution in [2.45, 2.75) is 25.4 Å². The first-order chi connectivity index (χ1) is 9.66. The van der Waals surface area contributed by atoms with Gasteiger partial charge in [0.1, 0.15) is 6.04 Å². The van der Waals surface area contributed by atoms with Crippen LogP contribution in [-0.4, -0.2) is 32.6 Å². The van der Waals surface area contributed by atoms with Crippen LogP contribution in [-0.2, 0) is 11.3 Å². The van der Waals surface area contributed by atoms with Gasteiger partial charge in [0.2, 0.25) is 5.91 Å². The monoisotopic (exact) mass is 289 g/mol. The average Bonchev–Trinajstić information content (AvgIpc) is 3.09. The van der Waals surface area contributed by atoms with E-state index in [1.165, 1.54) is 11.5 Å². The van der Waals surface area contributed by atoms with E-state index in [1.807, 2.05) is 18.3 Å². The highest BCUT2D eigenvalue weighted by Gasteiger charge is 2.31. The summed E-state index contributed by atoms with van der Waals surface area (Å²) < 4.78 is 5.84. The molecular formula is C14H15N3O2S. The zero-order valence-electron chi connectivity index (χ0n) is 11.2. The fraction of sp³-hybridized carbons (Fsp3) is 0.357. The number of ketones is 1. The summed E-state index contributed by atoms with van der Waals surface area (Å²) in [7, 11) is 1.79. The molecule has 20 heavy (non-hydrogen) atoms. The molecule has 0 radical (unpaired) electrons. The van der Waals surface area contributed by atoms with Crippen LogP contribution in [0.15, 0.2) is 30.6 Å². The summed E-state index contributed by atoms with van der Waals surface area (Å²) in [6.45, 7) is 0.560. The van der Waals surface area contributed by atoms with Crippen molar-refractivity contribution in [1.29, 1.82) is 0 Å². The van der Waals surface area contributed by atoms with Gasteiger partial charge in [-0.15, -0.1) is 0 Å². The van der Waals surface area contributed by atoms with Crippen LogP contribution in [0.5, 0.6) is 0 Å². The maximum Gasteiger partial charge on any atom is 0.245 e. The van der Waals surface area contributed by atoms with Gasteiger partial charge >= 0.3 is 0 Å². The normalized spacial score (nSPS) is 17.9. The Morgan fingerprint density at radius 3 is 3.15 bits per heavy atom. The van der Waals surface area contributed by atoms with Crippen LogP contribution in [0.25, 0.3) is 0 Å². The van der Waals surface area contributed by atoms with Crippen molar-refractivity contribution < 1.29 is 9.59 Å². The van der Waals surface area contributed by atoms with Crippen molar-refractivity contribution >= 4 is 23.2 Å². The molecule has 6 heteroatoms. The Morgan fingerprint density at radius 1 is 1.55 bits per heavy atom. The second-order valence-corrected chi connectivity index (χ2v) is 5.87. The number of carbonyl (C=O) groups is 2. The van der Waals surface area contributed by atoms with Crippen molar-refractivity contribution in [1.82, 2.24) is 13.8 Å². The molecule has 3 rings (SSSR count). The number of Topliss-reactive ketones (excluding diaryl/α,β-unsaturated/α-hetero) is 1. The molecule has 0 saturated carbocycles. The topological polar surface area (TPSA) is 55.2 Å². The predicted octanol–water partition coefficient (Wildman–Crippen LogP) is 2.12. The molecule has 0 spiro atoms. The van der Waals surface area contributed by atoms with Crippen molar-refractivity contribution in [3.63, 3.8) is 0 Å². The Bertz CT molecular complexity index is 633. The van der Waals surface area contributed by atoms with Crippen LogP contribution in [0, 0.1) is 0 Å². The molecule has 2 aromatic rings. The maximum absolute atomic E-state index is 12.6. The van der Waals surface area contributed by atoms with Crippen molar-refractivity contribution in [2.24, 2.45) is 0 Å².